The van der Waals surface area contributed by atoms with E-state index in [-0.39, 0.29) is 11.7 Å². The van der Waals surface area contributed by atoms with Crippen LogP contribution in [0.25, 0.3) is 0 Å². The highest BCUT2D eigenvalue weighted by molar-refractivity contribution is 5.76. The summed E-state index contributed by atoms with van der Waals surface area (Å²) in [5, 5.41) is 10.9. The highest BCUT2D eigenvalue weighted by Crippen LogP contribution is 2.20. The van der Waals surface area contributed by atoms with Gasteiger partial charge in [-0.3, -0.25) is 4.79 Å². The number of hydrogen-bond acceptors (Lipinski definition) is 5. The van der Waals surface area contributed by atoms with Gasteiger partial charge in [0.2, 0.25) is 5.91 Å². The van der Waals surface area contributed by atoms with Crippen molar-refractivity contribution in [2.24, 2.45) is 5.92 Å². The van der Waals surface area contributed by atoms with Crippen LogP contribution in [0.5, 0.6) is 5.75 Å². The molecule has 1 aromatic heterocycles. The molecule has 1 atom stereocenters. The second-order valence-electron chi connectivity index (χ2n) is 6.29. The summed E-state index contributed by atoms with van der Waals surface area (Å²) in [5.74, 6) is 0.858. The number of carbonyl (C=O) groups is 1. The van der Waals surface area contributed by atoms with Crippen LogP contribution >= 0.6 is 0 Å². The van der Waals surface area contributed by atoms with E-state index in [1.807, 2.05) is 4.90 Å². The second-order valence-corrected chi connectivity index (χ2v) is 6.29. The molecule has 2 aromatic rings. The summed E-state index contributed by atoms with van der Waals surface area (Å²) in [7, 11) is 0. The van der Waals surface area contributed by atoms with Crippen molar-refractivity contribution < 1.29 is 13.9 Å². The maximum atomic E-state index is 12.9. The molecule has 1 aromatic carbocycles. The minimum atomic E-state index is -0.275. The van der Waals surface area contributed by atoms with Crippen molar-refractivity contribution in [1.29, 1.82) is 0 Å². The SMILES string of the molecule is O=C(CCCn1cnnn1)N1CCC[C@H](COc2ccc(F)cc2)C1. The number of amides is 1. The molecule has 134 valence electrons. The van der Waals surface area contributed by atoms with E-state index in [2.05, 4.69) is 15.5 Å². The quantitative estimate of drug-likeness (QED) is 0.765. The normalized spacial score (nSPS) is 17.5. The Morgan fingerprint density at radius 2 is 2.16 bits per heavy atom. The molecule has 0 spiro atoms. The first-order valence-electron chi connectivity index (χ1n) is 8.57. The molecule has 0 unspecified atom stereocenters. The zero-order chi connectivity index (χ0) is 17.5. The van der Waals surface area contributed by atoms with Gasteiger partial charge in [0, 0.05) is 32.0 Å². The zero-order valence-electron chi connectivity index (χ0n) is 14.1. The predicted molar refractivity (Wildman–Crippen MR) is 88.3 cm³/mol. The van der Waals surface area contributed by atoms with E-state index in [1.165, 1.54) is 12.1 Å². The lowest BCUT2D eigenvalue weighted by Gasteiger charge is -2.32. The number of rotatable bonds is 7. The van der Waals surface area contributed by atoms with Crippen LogP contribution in [0.4, 0.5) is 4.39 Å². The molecule has 0 aliphatic carbocycles. The van der Waals surface area contributed by atoms with Gasteiger partial charge in [-0.25, -0.2) is 9.07 Å². The van der Waals surface area contributed by atoms with Crippen LogP contribution in [0.1, 0.15) is 25.7 Å². The summed E-state index contributed by atoms with van der Waals surface area (Å²) in [5.41, 5.74) is 0. The van der Waals surface area contributed by atoms with Gasteiger partial charge in [-0.2, -0.15) is 0 Å². The second kappa shape index (κ2) is 8.55. The van der Waals surface area contributed by atoms with Crippen molar-refractivity contribution in [3.05, 3.63) is 36.4 Å². The first-order valence-corrected chi connectivity index (χ1v) is 8.57. The van der Waals surface area contributed by atoms with Gasteiger partial charge in [-0.05, 0) is 54.0 Å². The molecule has 1 aliphatic rings. The number of carbonyl (C=O) groups excluding carboxylic acids is 1. The Morgan fingerprint density at radius 3 is 2.92 bits per heavy atom. The molecule has 0 radical (unpaired) electrons. The Kier molecular flexibility index (Phi) is 5.92. The summed E-state index contributed by atoms with van der Waals surface area (Å²) in [4.78, 5) is 14.3. The number of likely N-dealkylation sites (tertiary alicyclic amines) is 1. The molecule has 1 fully saturated rings. The lowest BCUT2D eigenvalue weighted by Crippen LogP contribution is -2.41. The van der Waals surface area contributed by atoms with Crippen LogP contribution in [-0.4, -0.2) is 50.7 Å². The summed E-state index contributed by atoms with van der Waals surface area (Å²) in [6.07, 6.45) is 4.78. The van der Waals surface area contributed by atoms with E-state index in [0.717, 1.165) is 25.8 Å². The number of hydrogen-bond donors (Lipinski definition) is 0. The average Bonchev–Trinajstić information content (AvgIpc) is 3.15. The maximum absolute atomic E-state index is 12.9. The lowest BCUT2D eigenvalue weighted by molar-refractivity contribution is -0.133. The van der Waals surface area contributed by atoms with E-state index in [4.69, 9.17) is 4.74 Å². The van der Waals surface area contributed by atoms with E-state index in [0.29, 0.717) is 37.8 Å². The van der Waals surface area contributed by atoms with Gasteiger partial charge in [-0.1, -0.05) is 0 Å². The number of tetrazole rings is 1. The van der Waals surface area contributed by atoms with Crippen molar-refractivity contribution >= 4 is 5.91 Å². The summed E-state index contributed by atoms with van der Waals surface area (Å²) < 4.78 is 20.3. The van der Waals surface area contributed by atoms with Gasteiger partial charge >= 0.3 is 0 Å². The molecule has 0 saturated carbocycles. The fourth-order valence-electron chi connectivity index (χ4n) is 3.01. The fourth-order valence-corrected chi connectivity index (χ4v) is 3.01. The highest BCUT2D eigenvalue weighted by atomic mass is 19.1. The van der Waals surface area contributed by atoms with Gasteiger partial charge in [0.1, 0.15) is 17.9 Å². The number of ether oxygens (including phenoxy) is 1. The van der Waals surface area contributed by atoms with Crippen molar-refractivity contribution in [3.63, 3.8) is 0 Å². The molecule has 2 heterocycles. The molecule has 1 aliphatic heterocycles. The molecule has 1 saturated heterocycles. The molecule has 25 heavy (non-hydrogen) atoms. The fraction of sp³-hybridized carbons (Fsp3) is 0.529. The lowest BCUT2D eigenvalue weighted by atomic mass is 9.98. The minimum Gasteiger partial charge on any atom is -0.493 e. The Morgan fingerprint density at radius 1 is 1.32 bits per heavy atom. The van der Waals surface area contributed by atoms with Crippen molar-refractivity contribution in [1.82, 2.24) is 25.1 Å². The zero-order valence-corrected chi connectivity index (χ0v) is 14.1. The third-order valence-corrected chi connectivity index (χ3v) is 4.34. The van der Waals surface area contributed by atoms with Crippen LogP contribution < -0.4 is 4.74 Å². The van der Waals surface area contributed by atoms with Crippen LogP contribution in [0.3, 0.4) is 0 Å². The van der Waals surface area contributed by atoms with Crippen molar-refractivity contribution in [2.75, 3.05) is 19.7 Å². The molecular formula is C17H22FN5O2. The van der Waals surface area contributed by atoms with Gasteiger partial charge in [0.05, 0.1) is 6.61 Å². The first kappa shape index (κ1) is 17.3. The van der Waals surface area contributed by atoms with Crippen LogP contribution in [-0.2, 0) is 11.3 Å². The first-order chi connectivity index (χ1) is 12.2. The molecular weight excluding hydrogens is 325 g/mol. The highest BCUT2D eigenvalue weighted by Gasteiger charge is 2.23. The van der Waals surface area contributed by atoms with E-state index in [1.54, 1.807) is 23.1 Å². The van der Waals surface area contributed by atoms with E-state index >= 15 is 0 Å². The van der Waals surface area contributed by atoms with Gasteiger partial charge < -0.3 is 9.64 Å². The molecule has 1 amide bonds. The third kappa shape index (κ3) is 5.23. The molecule has 0 N–H and O–H groups in total. The Bertz CT molecular complexity index is 662. The maximum Gasteiger partial charge on any atom is 0.222 e. The smallest absolute Gasteiger partial charge is 0.222 e. The Labute approximate surface area is 145 Å². The number of halogens is 1. The van der Waals surface area contributed by atoms with Crippen molar-refractivity contribution in [3.8, 4) is 5.75 Å². The van der Waals surface area contributed by atoms with Crippen molar-refractivity contribution in [2.45, 2.75) is 32.2 Å². The van der Waals surface area contributed by atoms with Crippen LogP contribution in [0.15, 0.2) is 30.6 Å². The van der Waals surface area contributed by atoms with E-state index in [9.17, 15) is 9.18 Å². The van der Waals surface area contributed by atoms with Crippen LogP contribution in [0.2, 0.25) is 0 Å². The van der Waals surface area contributed by atoms with Gasteiger partial charge in [-0.15, -0.1) is 5.10 Å². The number of piperidine rings is 1. The number of aryl methyl sites for hydroxylation is 1. The molecule has 0 bridgehead atoms. The molecule has 7 nitrogen and oxygen atoms in total. The van der Waals surface area contributed by atoms with Gasteiger partial charge in [0.15, 0.2) is 0 Å². The Hall–Kier alpha value is -2.51. The molecule has 3 rings (SSSR count). The number of aromatic nitrogens is 4. The molecule has 8 heteroatoms. The number of benzene rings is 1. The summed E-state index contributed by atoms with van der Waals surface area (Å²) in [6, 6.07) is 6.02. The van der Waals surface area contributed by atoms with E-state index < -0.39 is 0 Å². The van der Waals surface area contributed by atoms with Crippen LogP contribution in [0, 0.1) is 11.7 Å². The predicted octanol–water partition coefficient (Wildman–Crippen LogP) is 1.91. The summed E-state index contributed by atoms with van der Waals surface area (Å²) in [6.45, 7) is 2.70. The van der Waals surface area contributed by atoms with Gasteiger partial charge in [0.25, 0.3) is 0 Å². The Balaban J connectivity index is 1.40. The average molecular weight is 347 g/mol. The third-order valence-electron chi connectivity index (χ3n) is 4.34. The number of nitrogens with zero attached hydrogens (tertiary/aromatic N) is 5. The summed E-state index contributed by atoms with van der Waals surface area (Å²) >= 11 is 0. The standard InChI is InChI=1S/C17H22FN5O2/c18-15-5-7-16(8-6-15)25-12-14-3-1-9-22(11-14)17(24)4-2-10-23-13-19-20-21-23/h5-8,13-14H,1-4,9-12H2/t14-/m0/s1. The topological polar surface area (TPSA) is 73.1 Å². The monoisotopic (exact) mass is 347 g/mol. The minimum absolute atomic E-state index is 0.166. The largest absolute Gasteiger partial charge is 0.493 e.